The number of benzene rings is 3. The van der Waals surface area contributed by atoms with Gasteiger partial charge in [-0.15, -0.1) is 0 Å². The molecule has 0 aromatic heterocycles. The summed E-state index contributed by atoms with van der Waals surface area (Å²) in [6.45, 7) is 6.16. The second-order valence-electron chi connectivity index (χ2n) is 14.3. The van der Waals surface area contributed by atoms with Crippen LogP contribution >= 0.6 is 0 Å². The van der Waals surface area contributed by atoms with Gasteiger partial charge in [-0.3, -0.25) is 15.0 Å². The Labute approximate surface area is 281 Å². The number of nitrogens with zero attached hydrogens (tertiary/aromatic N) is 1. The molecule has 2 fully saturated rings. The molecule has 10 nitrogen and oxygen atoms in total. The standard InChI is InChI=1S/C38H44N4O6/c1-37(2,3)48-35(44)39-20-12-11-19-31-32-38(21-30(40-32)33(43)46-4)28-17-9-10-18-29(28)41-34(38)42(31)36(45)47-22-27-25-15-7-5-13-23(25)24-14-6-8-16-26(24)27/h5-10,13-18,27,30-32,34,40-41H,11-12,19-22H2,1-4H3,(H,39,44)/t30-,31-,32-,34-,38+/m0/s1. The predicted octanol–water partition coefficient (Wildman–Crippen LogP) is 5.91. The summed E-state index contributed by atoms with van der Waals surface area (Å²) >= 11 is 0. The molecule has 3 heterocycles. The molecule has 7 rings (SSSR count). The Hall–Kier alpha value is -4.57. The van der Waals surface area contributed by atoms with Gasteiger partial charge in [0.25, 0.3) is 0 Å². The number of amides is 2. The van der Waals surface area contributed by atoms with Gasteiger partial charge in [0.2, 0.25) is 0 Å². The first-order valence-corrected chi connectivity index (χ1v) is 16.9. The molecule has 3 aliphatic heterocycles. The number of esters is 1. The van der Waals surface area contributed by atoms with Crippen LogP contribution in [0.2, 0.25) is 0 Å². The largest absolute Gasteiger partial charge is 0.468 e. The molecule has 5 atom stereocenters. The van der Waals surface area contributed by atoms with Gasteiger partial charge in [-0.05, 0) is 80.3 Å². The van der Waals surface area contributed by atoms with Crippen LogP contribution in [0.25, 0.3) is 11.1 Å². The molecular formula is C38H44N4O6. The Bertz CT molecular complexity index is 1680. The molecule has 3 aromatic carbocycles. The minimum absolute atomic E-state index is 0.0645. The lowest BCUT2D eigenvalue weighted by molar-refractivity contribution is -0.143. The van der Waals surface area contributed by atoms with Crippen molar-refractivity contribution >= 4 is 23.8 Å². The second kappa shape index (κ2) is 12.5. The van der Waals surface area contributed by atoms with E-state index in [9.17, 15) is 14.4 Å². The Morgan fingerprint density at radius 1 is 0.938 bits per heavy atom. The van der Waals surface area contributed by atoms with Crippen LogP contribution in [-0.4, -0.2) is 73.2 Å². The number of methoxy groups -OCH3 is 1. The maximum absolute atomic E-state index is 14.4. The molecule has 10 heteroatoms. The van der Waals surface area contributed by atoms with Gasteiger partial charge in [-0.1, -0.05) is 66.7 Å². The van der Waals surface area contributed by atoms with Crippen molar-refractivity contribution in [1.29, 1.82) is 0 Å². The first kappa shape index (κ1) is 32.0. The van der Waals surface area contributed by atoms with E-state index >= 15 is 0 Å². The molecule has 1 aliphatic carbocycles. The smallest absolute Gasteiger partial charge is 0.411 e. The fourth-order valence-electron chi connectivity index (χ4n) is 8.50. The molecule has 2 saturated heterocycles. The van der Waals surface area contributed by atoms with Gasteiger partial charge in [0, 0.05) is 24.2 Å². The molecule has 0 radical (unpaired) electrons. The highest BCUT2D eigenvalue weighted by atomic mass is 16.6. The van der Waals surface area contributed by atoms with Crippen molar-refractivity contribution in [2.24, 2.45) is 0 Å². The van der Waals surface area contributed by atoms with E-state index in [2.05, 4.69) is 46.3 Å². The topological polar surface area (TPSA) is 118 Å². The predicted molar refractivity (Wildman–Crippen MR) is 182 cm³/mol. The average Bonchev–Trinajstić information content (AvgIpc) is 3.77. The van der Waals surface area contributed by atoms with Crippen molar-refractivity contribution in [3.05, 3.63) is 89.5 Å². The van der Waals surface area contributed by atoms with E-state index < -0.39 is 29.3 Å². The molecule has 252 valence electrons. The summed E-state index contributed by atoms with van der Waals surface area (Å²) in [4.78, 5) is 41.4. The minimum Gasteiger partial charge on any atom is -0.468 e. The Balaban J connectivity index is 1.14. The van der Waals surface area contributed by atoms with E-state index in [1.54, 1.807) is 0 Å². The first-order chi connectivity index (χ1) is 23.1. The molecule has 3 N–H and O–H groups in total. The third-order valence-corrected chi connectivity index (χ3v) is 10.3. The maximum Gasteiger partial charge on any atom is 0.411 e. The summed E-state index contributed by atoms with van der Waals surface area (Å²) in [6.07, 6.45) is 1.32. The molecule has 4 aliphatic rings. The molecular weight excluding hydrogens is 608 g/mol. The number of carbonyl (C=O) groups is 3. The summed E-state index contributed by atoms with van der Waals surface area (Å²) in [5.41, 5.74) is 5.58. The van der Waals surface area contributed by atoms with Gasteiger partial charge in [-0.2, -0.15) is 0 Å². The van der Waals surface area contributed by atoms with Crippen molar-refractivity contribution in [1.82, 2.24) is 15.5 Å². The highest BCUT2D eigenvalue weighted by molar-refractivity contribution is 5.81. The molecule has 48 heavy (non-hydrogen) atoms. The highest BCUT2D eigenvalue weighted by Gasteiger charge is 2.69. The summed E-state index contributed by atoms with van der Waals surface area (Å²) in [5.74, 6) is -0.375. The number of likely N-dealkylation sites (tertiary alicyclic amines) is 1. The Morgan fingerprint density at radius 2 is 1.60 bits per heavy atom. The number of rotatable bonds is 8. The van der Waals surface area contributed by atoms with Gasteiger partial charge in [-0.25, -0.2) is 9.59 Å². The van der Waals surface area contributed by atoms with Gasteiger partial charge in [0.15, 0.2) is 0 Å². The zero-order chi connectivity index (χ0) is 33.6. The van der Waals surface area contributed by atoms with Crippen molar-refractivity contribution < 1.29 is 28.6 Å². The van der Waals surface area contributed by atoms with Gasteiger partial charge < -0.3 is 24.8 Å². The fourth-order valence-corrected chi connectivity index (χ4v) is 8.50. The van der Waals surface area contributed by atoms with Gasteiger partial charge in [0.1, 0.15) is 24.4 Å². The van der Waals surface area contributed by atoms with Crippen LogP contribution in [0.5, 0.6) is 0 Å². The van der Waals surface area contributed by atoms with Crippen molar-refractivity contribution in [3.8, 4) is 11.1 Å². The Morgan fingerprint density at radius 3 is 2.29 bits per heavy atom. The number of anilines is 1. The monoisotopic (exact) mass is 652 g/mol. The average molecular weight is 653 g/mol. The van der Waals surface area contributed by atoms with Crippen LogP contribution in [-0.2, 0) is 24.4 Å². The number of alkyl carbamates (subject to hydrolysis) is 1. The maximum atomic E-state index is 14.4. The number of nitrogens with one attached hydrogen (secondary N) is 3. The molecule has 1 spiro atoms. The normalized spacial score (nSPS) is 24.9. The quantitative estimate of drug-likeness (QED) is 0.156. The first-order valence-electron chi connectivity index (χ1n) is 16.9. The van der Waals surface area contributed by atoms with Crippen molar-refractivity contribution in [3.63, 3.8) is 0 Å². The number of unbranched alkanes of at least 4 members (excludes halogenated alkanes) is 1. The van der Waals surface area contributed by atoms with Crippen LogP contribution in [0.1, 0.15) is 69.1 Å². The minimum atomic E-state index is -0.572. The second-order valence-corrected chi connectivity index (χ2v) is 14.3. The van der Waals surface area contributed by atoms with Crippen LogP contribution in [0.15, 0.2) is 72.8 Å². The molecule has 0 bridgehead atoms. The number of carbonyl (C=O) groups excluding carboxylic acids is 3. The van der Waals surface area contributed by atoms with Gasteiger partial charge >= 0.3 is 18.2 Å². The van der Waals surface area contributed by atoms with E-state index in [0.29, 0.717) is 25.8 Å². The Kier molecular flexibility index (Phi) is 8.31. The molecule has 3 aromatic rings. The molecule has 2 amide bonds. The highest BCUT2D eigenvalue weighted by Crippen LogP contribution is 2.57. The lowest BCUT2D eigenvalue weighted by Gasteiger charge is -2.33. The van der Waals surface area contributed by atoms with Crippen LogP contribution in [0, 0.1) is 0 Å². The van der Waals surface area contributed by atoms with E-state index in [1.807, 2.05) is 68.1 Å². The van der Waals surface area contributed by atoms with Gasteiger partial charge in [0.05, 0.1) is 18.6 Å². The lowest BCUT2D eigenvalue weighted by Crippen LogP contribution is -2.51. The van der Waals surface area contributed by atoms with E-state index in [4.69, 9.17) is 14.2 Å². The van der Waals surface area contributed by atoms with E-state index in [-0.39, 0.29) is 36.7 Å². The zero-order valence-corrected chi connectivity index (χ0v) is 28.0. The van der Waals surface area contributed by atoms with Crippen molar-refractivity contribution in [2.75, 3.05) is 25.6 Å². The van der Waals surface area contributed by atoms with E-state index in [1.165, 1.54) is 18.2 Å². The third-order valence-electron chi connectivity index (χ3n) is 10.3. The number of para-hydroxylation sites is 1. The SMILES string of the molecule is COC(=O)[C@@H]1C[C@]23c4ccccc4N[C@H]2N(C(=O)OCC2c4ccccc4-c4ccccc42)[C@@H](CCCCNC(=O)OC(C)(C)C)[C@@H]3N1. The van der Waals surface area contributed by atoms with Crippen LogP contribution < -0.4 is 16.0 Å². The zero-order valence-electron chi connectivity index (χ0n) is 28.0. The lowest BCUT2D eigenvalue weighted by atomic mass is 9.73. The summed E-state index contributed by atoms with van der Waals surface area (Å²) in [5, 5.41) is 10.1. The molecule has 0 saturated carbocycles. The summed E-state index contributed by atoms with van der Waals surface area (Å²) in [6, 6.07) is 23.7. The van der Waals surface area contributed by atoms with Crippen molar-refractivity contribution in [2.45, 2.75) is 87.7 Å². The number of fused-ring (bicyclic) bond motifs is 4. The summed E-state index contributed by atoms with van der Waals surface area (Å²) < 4.78 is 16.8. The van der Waals surface area contributed by atoms with E-state index in [0.717, 1.165) is 28.8 Å². The third kappa shape index (κ3) is 5.45. The number of ether oxygens (including phenoxy) is 3. The number of hydrogen-bond acceptors (Lipinski definition) is 8. The summed E-state index contributed by atoms with van der Waals surface area (Å²) in [7, 11) is 1.41. The van der Waals surface area contributed by atoms with Crippen LogP contribution in [0.3, 0.4) is 0 Å². The molecule has 0 unspecified atom stereocenters. The number of hydrogen-bond donors (Lipinski definition) is 3. The fraction of sp³-hybridized carbons (Fsp3) is 0.447. The van der Waals surface area contributed by atoms with Crippen LogP contribution in [0.4, 0.5) is 15.3 Å².